The SMILES string of the molecule is C=CCC(O[Si](C)(C)C(C)(C)C)c1cc(O[Si](C)(C)C(C)(C)C)ccc1OC. The molecule has 1 unspecified atom stereocenters. The second kappa shape index (κ2) is 8.76. The minimum absolute atomic E-state index is 0.0868. The van der Waals surface area contributed by atoms with Gasteiger partial charge in [-0.05, 0) is 60.9 Å². The van der Waals surface area contributed by atoms with Gasteiger partial charge in [0.15, 0.2) is 8.32 Å². The highest BCUT2D eigenvalue weighted by atomic mass is 28.4. The zero-order valence-corrected chi connectivity index (χ0v) is 22.0. The Morgan fingerprint density at radius 1 is 0.964 bits per heavy atom. The van der Waals surface area contributed by atoms with Gasteiger partial charge in [0, 0.05) is 5.56 Å². The molecule has 0 aromatic heterocycles. The Morgan fingerprint density at radius 3 is 1.93 bits per heavy atom. The smallest absolute Gasteiger partial charge is 0.250 e. The van der Waals surface area contributed by atoms with Gasteiger partial charge in [-0.2, -0.15) is 0 Å². The van der Waals surface area contributed by atoms with Crippen LogP contribution in [0.4, 0.5) is 0 Å². The molecule has 0 heterocycles. The van der Waals surface area contributed by atoms with Gasteiger partial charge >= 0.3 is 0 Å². The number of benzene rings is 1. The van der Waals surface area contributed by atoms with Gasteiger partial charge in [-0.15, -0.1) is 6.58 Å². The maximum Gasteiger partial charge on any atom is 0.250 e. The van der Waals surface area contributed by atoms with Gasteiger partial charge in [-0.3, -0.25) is 0 Å². The van der Waals surface area contributed by atoms with Crippen LogP contribution in [0.1, 0.15) is 59.6 Å². The number of methoxy groups -OCH3 is 1. The van der Waals surface area contributed by atoms with Crippen molar-refractivity contribution in [3.05, 3.63) is 36.4 Å². The van der Waals surface area contributed by atoms with Gasteiger partial charge < -0.3 is 13.6 Å². The van der Waals surface area contributed by atoms with Crippen molar-refractivity contribution in [2.24, 2.45) is 0 Å². The van der Waals surface area contributed by atoms with Crippen molar-refractivity contribution in [2.75, 3.05) is 7.11 Å². The monoisotopic (exact) mass is 422 g/mol. The Balaban J connectivity index is 3.35. The molecule has 0 aliphatic heterocycles. The lowest BCUT2D eigenvalue weighted by atomic mass is 10.1. The number of hydrogen-bond donors (Lipinski definition) is 0. The van der Waals surface area contributed by atoms with Crippen molar-refractivity contribution in [1.29, 1.82) is 0 Å². The van der Waals surface area contributed by atoms with Crippen molar-refractivity contribution >= 4 is 16.6 Å². The van der Waals surface area contributed by atoms with Gasteiger partial charge in [0.25, 0.3) is 0 Å². The molecule has 28 heavy (non-hydrogen) atoms. The fourth-order valence-corrected chi connectivity index (χ4v) is 4.71. The summed E-state index contributed by atoms with van der Waals surface area (Å²) in [7, 11) is -2.16. The first-order valence-electron chi connectivity index (χ1n) is 10.2. The summed E-state index contributed by atoms with van der Waals surface area (Å²) >= 11 is 0. The molecule has 5 heteroatoms. The lowest BCUT2D eigenvalue weighted by molar-refractivity contribution is 0.182. The van der Waals surface area contributed by atoms with Crippen LogP contribution in [0.25, 0.3) is 0 Å². The normalized spacial score (nSPS) is 14.5. The van der Waals surface area contributed by atoms with Gasteiger partial charge in [-0.25, -0.2) is 0 Å². The third kappa shape index (κ3) is 5.97. The summed E-state index contributed by atoms with van der Waals surface area (Å²) in [6.45, 7) is 26.6. The van der Waals surface area contributed by atoms with Crippen LogP contribution in [0.5, 0.6) is 11.5 Å². The molecule has 0 bridgehead atoms. The molecule has 0 fully saturated rings. The average molecular weight is 423 g/mol. The third-order valence-corrected chi connectivity index (χ3v) is 15.2. The van der Waals surface area contributed by atoms with Crippen molar-refractivity contribution in [2.45, 2.75) is 90.3 Å². The van der Waals surface area contributed by atoms with Gasteiger partial charge in [-0.1, -0.05) is 47.6 Å². The Labute approximate surface area is 175 Å². The molecule has 3 nitrogen and oxygen atoms in total. The predicted octanol–water partition coefficient (Wildman–Crippen LogP) is 7.72. The summed E-state index contributed by atoms with van der Waals surface area (Å²) in [5.41, 5.74) is 1.04. The predicted molar refractivity (Wildman–Crippen MR) is 127 cm³/mol. The molecular weight excluding hydrogens is 380 g/mol. The van der Waals surface area contributed by atoms with E-state index in [9.17, 15) is 0 Å². The van der Waals surface area contributed by atoms with Gasteiger partial charge in [0.05, 0.1) is 13.2 Å². The molecule has 160 valence electrons. The average Bonchev–Trinajstić information content (AvgIpc) is 2.51. The van der Waals surface area contributed by atoms with Crippen molar-refractivity contribution in [1.82, 2.24) is 0 Å². The van der Waals surface area contributed by atoms with Crippen LogP contribution in [-0.4, -0.2) is 23.7 Å². The Kier molecular flexibility index (Phi) is 7.82. The van der Waals surface area contributed by atoms with Crippen molar-refractivity contribution < 1.29 is 13.6 Å². The molecule has 0 saturated heterocycles. The summed E-state index contributed by atoms with van der Waals surface area (Å²) in [5, 5.41) is 0.278. The Hall–Kier alpha value is -1.05. The van der Waals surface area contributed by atoms with Crippen LogP contribution in [0.2, 0.25) is 36.3 Å². The van der Waals surface area contributed by atoms with E-state index >= 15 is 0 Å². The Bertz CT molecular complexity index is 667. The molecule has 0 aliphatic carbocycles. The minimum Gasteiger partial charge on any atom is -0.543 e. The van der Waals surface area contributed by atoms with E-state index in [-0.39, 0.29) is 16.2 Å². The number of hydrogen-bond acceptors (Lipinski definition) is 3. The highest BCUT2D eigenvalue weighted by molar-refractivity contribution is 6.75. The third-order valence-electron chi connectivity index (χ3n) is 6.35. The fourth-order valence-electron chi connectivity index (χ4n) is 2.40. The summed E-state index contributed by atoms with van der Waals surface area (Å²) in [6, 6.07) is 6.13. The molecule has 0 saturated carbocycles. The lowest BCUT2D eigenvalue weighted by Gasteiger charge is -2.40. The fraction of sp³-hybridized carbons (Fsp3) is 0.652. The molecule has 0 N–H and O–H groups in total. The van der Waals surface area contributed by atoms with E-state index in [1.807, 2.05) is 18.2 Å². The maximum atomic E-state index is 6.77. The van der Waals surface area contributed by atoms with E-state index in [0.29, 0.717) is 0 Å². The van der Waals surface area contributed by atoms with Crippen LogP contribution < -0.4 is 9.16 Å². The molecule has 0 amide bonds. The first kappa shape index (κ1) is 25.0. The summed E-state index contributed by atoms with van der Waals surface area (Å²) in [5.74, 6) is 1.74. The maximum absolute atomic E-state index is 6.77. The molecule has 1 atom stereocenters. The van der Waals surface area contributed by atoms with E-state index in [0.717, 1.165) is 23.5 Å². The zero-order chi connectivity index (χ0) is 22.0. The molecule has 0 radical (unpaired) electrons. The van der Waals surface area contributed by atoms with Gasteiger partial charge in [0.2, 0.25) is 8.32 Å². The van der Waals surface area contributed by atoms with E-state index in [1.54, 1.807) is 7.11 Å². The van der Waals surface area contributed by atoms with Crippen LogP contribution in [0, 0.1) is 0 Å². The second-order valence-electron chi connectivity index (χ2n) is 10.7. The van der Waals surface area contributed by atoms with E-state index in [2.05, 4.69) is 80.4 Å². The molecule has 1 rings (SSSR count). The highest BCUT2D eigenvalue weighted by Crippen LogP contribution is 2.44. The van der Waals surface area contributed by atoms with E-state index < -0.39 is 16.6 Å². The molecule has 1 aromatic rings. The summed E-state index contributed by atoms with van der Waals surface area (Å²) in [4.78, 5) is 0. The Morgan fingerprint density at radius 2 is 1.50 bits per heavy atom. The van der Waals surface area contributed by atoms with Crippen LogP contribution in [0.15, 0.2) is 30.9 Å². The van der Waals surface area contributed by atoms with Crippen LogP contribution >= 0.6 is 0 Å². The van der Waals surface area contributed by atoms with E-state index in [4.69, 9.17) is 13.6 Å². The number of ether oxygens (including phenoxy) is 1. The van der Waals surface area contributed by atoms with Crippen LogP contribution in [-0.2, 0) is 4.43 Å². The molecular formula is C23H42O3Si2. The largest absolute Gasteiger partial charge is 0.543 e. The molecule has 1 aromatic carbocycles. The van der Waals surface area contributed by atoms with Crippen molar-refractivity contribution in [3.8, 4) is 11.5 Å². The lowest BCUT2D eigenvalue weighted by Crippen LogP contribution is -2.44. The molecule has 0 aliphatic rings. The second-order valence-corrected chi connectivity index (χ2v) is 20.1. The molecule has 0 spiro atoms. The number of rotatable bonds is 8. The summed E-state index contributed by atoms with van der Waals surface area (Å²) < 4.78 is 19.0. The first-order chi connectivity index (χ1) is 12.6. The van der Waals surface area contributed by atoms with Crippen LogP contribution in [0.3, 0.4) is 0 Å². The van der Waals surface area contributed by atoms with Crippen molar-refractivity contribution in [3.63, 3.8) is 0 Å². The van der Waals surface area contributed by atoms with E-state index in [1.165, 1.54) is 0 Å². The topological polar surface area (TPSA) is 27.7 Å². The zero-order valence-electron chi connectivity index (χ0n) is 20.0. The standard InChI is InChI=1S/C23H42O3Si2/c1-13-14-21(26-28(11,12)23(5,6)7)19-17-18(15-16-20(19)24-8)25-27(9,10)22(2,3)4/h13,15-17,21H,1,14H2,2-12H3. The first-order valence-corrected chi connectivity index (χ1v) is 16.0. The summed E-state index contributed by atoms with van der Waals surface area (Å²) in [6.07, 6.45) is 2.58. The minimum atomic E-state index is -1.95. The highest BCUT2D eigenvalue weighted by Gasteiger charge is 2.41. The van der Waals surface area contributed by atoms with Gasteiger partial charge in [0.1, 0.15) is 11.5 Å². The quantitative estimate of drug-likeness (QED) is 0.317.